The van der Waals surface area contributed by atoms with Crippen LogP contribution < -0.4 is 10.6 Å². The fourth-order valence-corrected chi connectivity index (χ4v) is 4.16. The maximum Gasteiger partial charge on any atom is 0.265 e. The van der Waals surface area contributed by atoms with Gasteiger partial charge in [0.15, 0.2) is 0 Å². The van der Waals surface area contributed by atoms with Crippen LogP contribution in [0.15, 0.2) is 60.0 Å². The Hall–Kier alpha value is -3.16. The fraction of sp³-hybridized carbons (Fsp3) is 0.174. The standard InChI is InChI=1S/C23H21ClN4O2S/c1-15-26-18-6-2-3-7-20(18)28(15)12-5-11-25-22(29)16-9-10-17(24)19(14-16)27-23(30)21-8-4-13-31-21/h2-4,6-10,13-14H,5,11-12H2,1H3,(H,25,29)(H,27,30). The van der Waals surface area contributed by atoms with Crippen molar-refractivity contribution in [3.05, 3.63) is 81.3 Å². The Balaban J connectivity index is 1.35. The van der Waals surface area contributed by atoms with Gasteiger partial charge in [0.05, 0.1) is 26.6 Å². The van der Waals surface area contributed by atoms with Gasteiger partial charge in [0.1, 0.15) is 5.82 Å². The molecule has 2 amide bonds. The number of rotatable bonds is 7. The van der Waals surface area contributed by atoms with Gasteiger partial charge in [-0.1, -0.05) is 29.8 Å². The van der Waals surface area contributed by atoms with E-state index in [1.54, 1.807) is 30.3 Å². The topological polar surface area (TPSA) is 76.0 Å². The summed E-state index contributed by atoms with van der Waals surface area (Å²) in [5, 5.41) is 7.90. The van der Waals surface area contributed by atoms with E-state index in [4.69, 9.17) is 11.6 Å². The second-order valence-electron chi connectivity index (χ2n) is 7.03. The Labute approximate surface area is 188 Å². The predicted molar refractivity (Wildman–Crippen MR) is 125 cm³/mol. The molecular weight excluding hydrogens is 432 g/mol. The van der Waals surface area contributed by atoms with Gasteiger partial charge in [0.2, 0.25) is 0 Å². The lowest BCUT2D eigenvalue weighted by Gasteiger charge is -2.10. The van der Waals surface area contributed by atoms with E-state index in [-0.39, 0.29) is 11.8 Å². The van der Waals surface area contributed by atoms with Crippen LogP contribution in [0.1, 0.15) is 32.3 Å². The Morgan fingerprint density at radius 3 is 2.74 bits per heavy atom. The SMILES string of the molecule is Cc1nc2ccccc2n1CCCNC(=O)c1ccc(Cl)c(NC(=O)c2cccs2)c1. The molecule has 0 unspecified atom stereocenters. The first kappa shape index (κ1) is 21.1. The van der Waals surface area contributed by atoms with Crippen LogP contribution in [0, 0.1) is 6.92 Å². The first-order chi connectivity index (χ1) is 15.0. The molecule has 158 valence electrons. The monoisotopic (exact) mass is 452 g/mol. The Bertz CT molecular complexity index is 1230. The lowest BCUT2D eigenvalue weighted by Crippen LogP contribution is -2.25. The number of fused-ring (bicyclic) bond motifs is 1. The minimum Gasteiger partial charge on any atom is -0.352 e. The molecule has 2 N–H and O–H groups in total. The number of amides is 2. The Morgan fingerprint density at radius 1 is 1.10 bits per heavy atom. The molecule has 0 saturated carbocycles. The molecule has 2 heterocycles. The van der Waals surface area contributed by atoms with Crippen molar-refractivity contribution < 1.29 is 9.59 Å². The van der Waals surface area contributed by atoms with Crippen molar-refractivity contribution in [2.75, 3.05) is 11.9 Å². The minimum atomic E-state index is -0.252. The van der Waals surface area contributed by atoms with Gasteiger partial charge in [0, 0.05) is 18.7 Å². The van der Waals surface area contributed by atoms with E-state index in [1.807, 2.05) is 36.6 Å². The number of hydrogen-bond donors (Lipinski definition) is 2. The van der Waals surface area contributed by atoms with Crippen molar-refractivity contribution in [2.45, 2.75) is 19.9 Å². The van der Waals surface area contributed by atoms with Crippen LogP contribution in [0.3, 0.4) is 0 Å². The van der Waals surface area contributed by atoms with Gasteiger partial charge in [-0.25, -0.2) is 4.98 Å². The number of benzene rings is 2. The summed E-state index contributed by atoms with van der Waals surface area (Å²) in [7, 11) is 0. The molecule has 0 saturated heterocycles. The van der Waals surface area contributed by atoms with Gasteiger partial charge in [-0.15, -0.1) is 11.3 Å². The molecule has 0 bridgehead atoms. The lowest BCUT2D eigenvalue weighted by molar-refractivity contribution is 0.0951. The van der Waals surface area contributed by atoms with E-state index in [0.717, 1.165) is 29.8 Å². The third-order valence-corrected chi connectivity index (χ3v) is 6.11. The van der Waals surface area contributed by atoms with Crippen molar-refractivity contribution in [3.8, 4) is 0 Å². The van der Waals surface area contributed by atoms with Crippen molar-refractivity contribution >= 4 is 51.5 Å². The van der Waals surface area contributed by atoms with Crippen LogP contribution in [0.2, 0.25) is 5.02 Å². The van der Waals surface area contributed by atoms with Gasteiger partial charge in [-0.05, 0) is 55.1 Å². The molecule has 0 aliphatic rings. The van der Waals surface area contributed by atoms with Gasteiger partial charge >= 0.3 is 0 Å². The Kier molecular flexibility index (Phi) is 6.34. The molecule has 0 aliphatic carbocycles. The lowest BCUT2D eigenvalue weighted by atomic mass is 10.2. The highest BCUT2D eigenvalue weighted by Crippen LogP contribution is 2.24. The molecule has 6 nitrogen and oxygen atoms in total. The smallest absolute Gasteiger partial charge is 0.265 e. The van der Waals surface area contributed by atoms with Crippen LogP contribution in [0.5, 0.6) is 0 Å². The highest BCUT2D eigenvalue weighted by atomic mass is 35.5. The number of imidazole rings is 1. The first-order valence-corrected chi connectivity index (χ1v) is 11.1. The zero-order chi connectivity index (χ0) is 21.8. The van der Waals surface area contributed by atoms with E-state index in [9.17, 15) is 9.59 Å². The van der Waals surface area contributed by atoms with Gasteiger partial charge in [-0.2, -0.15) is 0 Å². The fourth-order valence-electron chi connectivity index (χ4n) is 3.37. The largest absolute Gasteiger partial charge is 0.352 e. The number of halogens is 1. The Morgan fingerprint density at radius 2 is 1.94 bits per heavy atom. The van der Waals surface area contributed by atoms with Crippen molar-refractivity contribution in [1.82, 2.24) is 14.9 Å². The first-order valence-electron chi connectivity index (χ1n) is 9.87. The molecule has 0 spiro atoms. The number of thiophene rings is 1. The molecule has 8 heteroatoms. The van der Waals surface area contributed by atoms with Gasteiger partial charge in [0.25, 0.3) is 11.8 Å². The molecule has 2 aromatic carbocycles. The predicted octanol–water partition coefficient (Wildman–Crippen LogP) is 5.13. The molecular formula is C23H21ClN4O2S. The highest BCUT2D eigenvalue weighted by molar-refractivity contribution is 7.12. The van der Waals surface area contributed by atoms with E-state index in [1.165, 1.54) is 11.3 Å². The number of anilines is 1. The van der Waals surface area contributed by atoms with E-state index in [0.29, 0.717) is 27.7 Å². The number of hydrogen-bond acceptors (Lipinski definition) is 4. The minimum absolute atomic E-state index is 0.212. The molecule has 0 aliphatic heterocycles. The van der Waals surface area contributed by atoms with Crippen molar-refractivity contribution in [2.24, 2.45) is 0 Å². The van der Waals surface area contributed by atoms with Crippen LogP contribution in [-0.2, 0) is 6.54 Å². The van der Waals surface area contributed by atoms with E-state index < -0.39 is 0 Å². The summed E-state index contributed by atoms with van der Waals surface area (Å²) in [4.78, 5) is 30.0. The molecule has 4 rings (SSSR count). The van der Waals surface area contributed by atoms with Crippen LogP contribution >= 0.6 is 22.9 Å². The zero-order valence-corrected chi connectivity index (χ0v) is 18.5. The summed E-state index contributed by atoms with van der Waals surface area (Å²) in [5.41, 5.74) is 2.92. The van der Waals surface area contributed by atoms with E-state index in [2.05, 4.69) is 20.2 Å². The van der Waals surface area contributed by atoms with E-state index >= 15 is 0 Å². The number of aromatic nitrogens is 2. The normalized spacial score (nSPS) is 10.9. The number of carbonyl (C=O) groups is 2. The quantitative estimate of drug-likeness (QED) is 0.381. The number of carbonyl (C=O) groups excluding carboxylic acids is 2. The summed E-state index contributed by atoms with van der Waals surface area (Å²) in [5.74, 6) is 0.490. The molecule has 0 radical (unpaired) electrons. The molecule has 0 atom stereocenters. The van der Waals surface area contributed by atoms with Crippen molar-refractivity contribution in [1.29, 1.82) is 0 Å². The van der Waals surface area contributed by atoms with Crippen LogP contribution in [0.25, 0.3) is 11.0 Å². The van der Waals surface area contributed by atoms with Gasteiger partial charge in [-0.3, -0.25) is 9.59 Å². The number of aryl methyl sites for hydroxylation is 2. The second kappa shape index (κ2) is 9.32. The van der Waals surface area contributed by atoms with Gasteiger partial charge < -0.3 is 15.2 Å². The number of nitrogens with zero attached hydrogens (tertiary/aromatic N) is 2. The summed E-state index contributed by atoms with van der Waals surface area (Å²) in [6.07, 6.45) is 0.766. The summed E-state index contributed by atoms with van der Waals surface area (Å²) in [6, 6.07) is 16.4. The van der Waals surface area contributed by atoms with Crippen molar-refractivity contribution in [3.63, 3.8) is 0 Å². The summed E-state index contributed by atoms with van der Waals surface area (Å²) in [6.45, 7) is 3.26. The molecule has 0 fully saturated rings. The second-order valence-corrected chi connectivity index (χ2v) is 8.39. The number of nitrogens with one attached hydrogen (secondary N) is 2. The number of para-hydroxylation sites is 2. The highest BCUT2D eigenvalue weighted by Gasteiger charge is 2.13. The summed E-state index contributed by atoms with van der Waals surface area (Å²) < 4.78 is 2.15. The average Bonchev–Trinajstić information content (AvgIpc) is 3.40. The zero-order valence-electron chi connectivity index (χ0n) is 16.9. The molecule has 31 heavy (non-hydrogen) atoms. The maximum absolute atomic E-state index is 12.6. The maximum atomic E-state index is 12.6. The average molecular weight is 453 g/mol. The van der Waals surface area contributed by atoms with Crippen LogP contribution in [-0.4, -0.2) is 27.9 Å². The summed E-state index contributed by atoms with van der Waals surface area (Å²) >= 11 is 7.54. The molecule has 4 aromatic rings. The third kappa shape index (κ3) is 4.78. The van der Waals surface area contributed by atoms with Crippen LogP contribution in [0.4, 0.5) is 5.69 Å². The third-order valence-electron chi connectivity index (χ3n) is 4.91. The molecule has 2 aromatic heterocycles.